The molecular formula is C128H86N10. The topological polar surface area (TPSA) is 129 Å². The van der Waals surface area contributed by atoms with Gasteiger partial charge in [-0.05, 0) is 211 Å². The smallest absolute Gasteiger partial charge is 0.0715 e. The van der Waals surface area contributed by atoms with Crippen molar-refractivity contribution in [1.29, 1.82) is 0 Å². The highest BCUT2D eigenvalue weighted by Gasteiger charge is 2.18. The fourth-order valence-corrected chi connectivity index (χ4v) is 17.6. The number of hydrogen-bond acceptors (Lipinski definition) is 10. The highest BCUT2D eigenvalue weighted by Crippen LogP contribution is 2.41. The molecule has 0 aliphatic carbocycles. The molecule has 10 heterocycles. The maximum Gasteiger partial charge on any atom is 0.0715 e. The maximum atomic E-state index is 5.22. The number of benzene rings is 14. The van der Waals surface area contributed by atoms with Crippen LogP contribution < -0.4 is 0 Å². The van der Waals surface area contributed by atoms with Gasteiger partial charge in [0, 0.05) is 132 Å². The van der Waals surface area contributed by atoms with Gasteiger partial charge >= 0.3 is 0 Å². The lowest BCUT2D eigenvalue weighted by Gasteiger charge is -2.13. The molecule has 14 aromatic carbocycles. The molecule has 0 bridgehead atoms. The summed E-state index contributed by atoms with van der Waals surface area (Å²) in [5.74, 6) is 0. The average Bonchev–Trinajstić information content (AvgIpc) is 0.786. The molecular weight excluding hydrogens is 1680 g/mol. The molecule has 0 radical (unpaired) electrons. The first-order valence-corrected chi connectivity index (χ1v) is 46.1. The Bertz CT molecular complexity index is 7760. The van der Waals surface area contributed by atoms with Crippen molar-refractivity contribution in [2.45, 2.75) is 0 Å². The van der Waals surface area contributed by atoms with E-state index in [4.69, 9.17) is 19.9 Å². The number of para-hydroxylation sites is 2. The Balaban J connectivity index is 0.000000119. The first kappa shape index (κ1) is 84.9. The van der Waals surface area contributed by atoms with Gasteiger partial charge in [0.05, 0.1) is 68.0 Å². The van der Waals surface area contributed by atoms with E-state index in [-0.39, 0.29) is 0 Å². The van der Waals surface area contributed by atoms with E-state index in [2.05, 4.69) is 388 Å². The second-order valence-electron chi connectivity index (χ2n) is 33.9. The van der Waals surface area contributed by atoms with Crippen molar-refractivity contribution in [1.82, 2.24) is 49.8 Å². The minimum atomic E-state index is 0.903. The molecule has 10 aromatic heterocycles. The Kier molecular flexibility index (Phi) is 24.2. The summed E-state index contributed by atoms with van der Waals surface area (Å²) in [6.07, 6.45) is 15.0. The number of fused-ring (bicyclic) bond motifs is 3. The van der Waals surface area contributed by atoms with Crippen LogP contribution in [0.15, 0.2) is 523 Å². The zero-order valence-corrected chi connectivity index (χ0v) is 75.1. The minimum absolute atomic E-state index is 0.903. The molecule has 0 fully saturated rings. The van der Waals surface area contributed by atoms with E-state index in [0.29, 0.717) is 0 Å². The number of pyridine rings is 10. The summed E-state index contributed by atoms with van der Waals surface area (Å²) in [4.78, 5) is 47.4. The number of nitrogens with zero attached hydrogens (tertiary/aromatic N) is 10. The van der Waals surface area contributed by atoms with Crippen LogP contribution in [0.1, 0.15) is 0 Å². The quantitative estimate of drug-likeness (QED) is 0.0819. The van der Waals surface area contributed by atoms with E-state index in [0.717, 1.165) is 207 Å². The Hall–Kier alpha value is -18.6. The van der Waals surface area contributed by atoms with E-state index in [9.17, 15) is 0 Å². The van der Waals surface area contributed by atoms with Gasteiger partial charge in [-0.15, -0.1) is 0 Å². The second kappa shape index (κ2) is 39.4. The molecule has 10 nitrogen and oxygen atoms in total. The Labute approximate surface area is 801 Å². The zero-order valence-electron chi connectivity index (χ0n) is 75.1. The van der Waals surface area contributed by atoms with Crippen LogP contribution >= 0.6 is 0 Å². The summed E-state index contributed by atoms with van der Waals surface area (Å²) in [7, 11) is 0. The predicted octanol–water partition coefficient (Wildman–Crippen LogP) is 32.5. The third kappa shape index (κ3) is 19.2. The van der Waals surface area contributed by atoms with Crippen molar-refractivity contribution >= 4 is 32.6 Å². The van der Waals surface area contributed by atoms with Gasteiger partial charge in [-0.3, -0.25) is 34.9 Å². The number of aromatic nitrogens is 10. The molecule has 0 aliphatic rings. The van der Waals surface area contributed by atoms with E-state index >= 15 is 0 Å². The second-order valence-corrected chi connectivity index (χ2v) is 33.9. The maximum absolute atomic E-state index is 5.22. The third-order valence-electron chi connectivity index (χ3n) is 25.1. The van der Waals surface area contributed by atoms with Gasteiger partial charge in [0.25, 0.3) is 0 Å². The van der Waals surface area contributed by atoms with Crippen LogP contribution in [-0.4, -0.2) is 49.8 Å². The average molecular weight is 1760 g/mol. The molecule has 0 saturated carbocycles. The predicted molar refractivity (Wildman–Crippen MR) is 568 cm³/mol. The van der Waals surface area contributed by atoms with Crippen molar-refractivity contribution < 1.29 is 0 Å². The van der Waals surface area contributed by atoms with Gasteiger partial charge in [0.2, 0.25) is 0 Å². The largest absolute Gasteiger partial charge is 0.265 e. The molecule has 0 atom stereocenters. The van der Waals surface area contributed by atoms with Crippen LogP contribution in [-0.2, 0) is 0 Å². The van der Waals surface area contributed by atoms with E-state index in [1.54, 1.807) is 0 Å². The fourth-order valence-electron chi connectivity index (χ4n) is 17.6. The Morgan fingerprint density at radius 2 is 0.370 bits per heavy atom. The van der Waals surface area contributed by atoms with Gasteiger partial charge in [-0.25, -0.2) is 15.0 Å². The van der Waals surface area contributed by atoms with Crippen LogP contribution in [0.3, 0.4) is 0 Å². The van der Waals surface area contributed by atoms with Crippen molar-refractivity contribution in [3.05, 3.63) is 523 Å². The molecule has 138 heavy (non-hydrogen) atoms. The normalized spacial score (nSPS) is 11.0. The SMILES string of the molecule is c1ccc(-c2ccc(-c3cc(-c4ccc(-c5cnc6ccccc6c5)cc4)cc(-c4ccc(-c5ccccc5)cc4)n3)cc2)cc1.c1ccc(-c2ccc(-c3cc(-c4ccc(-c5cnc6ccccc6c5)cc4)cc(-c4ccc(-c5ccccn5)cc4)n3)cc2)nc1.c1ccc(-c2cccc(-c3cc(-c4ccc(-c5cc6ccccc6cn5)cc4)cc(-c4cccc(-c5ccncc5)c4)n3)c2)nc1. The summed E-state index contributed by atoms with van der Waals surface area (Å²) in [5, 5.41) is 4.60. The molecule has 0 unspecified atom stereocenters. The molecule has 0 saturated heterocycles. The third-order valence-corrected chi connectivity index (χ3v) is 25.1. The van der Waals surface area contributed by atoms with Gasteiger partial charge in [-0.2, -0.15) is 0 Å². The summed E-state index contributed by atoms with van der Waals surface area (Å²) in [5.41, 5.74) is 40.2. The number of rotatable bonds is 18. The summed E-state index contributed by atoms with van der Waals surface area (Å²) >= 11 is 0. The van der Waals surface area contributed by atoms with Crippen LogP contribution in [0.5, 0.6) is 0 Å². The molecule has 0 amide bonds. The lowest BCUT2D eigenvalue weighted by Crippen LogP contribution is -1.93. The van der Waals surface area contributed by atoms with Crippen LogP contribution in [0.2, 0.25) is 0 Å². The van der Waals surface area contributed by atoms with Gasteiger partial charge in [-0.1, -0.05) is 346 Å². The Morgan fingerprint density at radius 3 is 0.746 bits per heavy atom. The Morgan fingerprint density at radius 1 is 0.109 bits per heavy atom. The highest BCUT2D eigenvalue weighted by atomic mass is 14.7. The molecule has 24 aromatic rings. The lowest BCUT2D eigenvalue weighted by atomic mass is 9.96. The van der Waals surface area contributed by atoms with Crippen LogP contribution in [0.4, 0.5) is 0 Å². The standard InChI is InChI=1S/C44H30N2.2C42H28N4/c1-3-9-31(10-4-1)33-19-23-37(24-20-33)43-28-40(29-44(46-43)38-25-21-34(22-26-38)32-11-5-2-6-12-32)35-15-17-36(18-16-35)41-27-39-13-7-8-14-42(39)45-30-41;1-2-8-40-35(7-1)25-37(28-45-40)30-13-11-29(12-14-30)36-26-41(33-19-15-31(16-20-33)38-9-3-5-23-43-38)46-42(27-36)34-21-17-32(18-22-34)39-10-4-6-24-44-39;1-2-8-37-28-45-40(25-33(37)7-1)31-16-14-29(15-17-31)38-26-41(35-11-5-9-32(23-35)30-18-21-43-22-19-30)46-42(27-38)36-12-6-10-34(24-36)39-13-3-4-20-44-39/h1-30H;2*1-28H. The van der Waals surface area contributed by atoms with Crippen LogP contribution in [0, 0.1) is 0 Å². The lowest BCUT2D eigenvalue weighted by molar-refractivity contribution is 1.31. The first-order chi connectivity index (χ1) is 68.3. The first-order valence-electron chi connectivity index (χ1n) is 46.1. The molecule has 24 rings (SSSR count). The van der Waals surface area contributed by atoms with Gasteiger partial charge < -0.3 is 0 Å². The molecule has 648 valence electrons. The van der Waals surface area contributed by atoms with Crippen molar-refractivity contribution in [3.63, 3.8) is 0 Å². The summed E-state index contributed by atoms with van der Waals surface area (Å²) in [6.45, 7) is 0. The van der Waals surface area contributed by atoms with Crippen LogP contribution in [0.25, 0.3) is 234 Å². The fraction of sp³-hybridized carbons (Fsp3) is 0. The minimum Gasteiger partial charge on any atom is -0.265 e. The summed E-state index contributed by atoms with van der Waals surface area (Å²) in [6, 6.07) is 165. The molecule has 10 heteroatoms. The van der Waals surface area contributed by atoms with E-state index in [1.165, 1.54) is 27.6 Å². The molecule has 0 spiro atoms. The summed E-state index contributed by atoms with van der Waals surface area (Å²) < 4.78 is 0. The molecule has 0 N–H and O–H groups in total. The molecule has 0 aliphatic heterocycles. The van der Waals surface area contributed by atoms with E-state index < -0.39 is 0 Å². The highest BCUT2D eigenvalue weighted by molar-refractivity contribution is 5.90. The van der Waals surface area contributed by atoms with Gasteiger partial charge in [0.1, 0.15) is 0 Å². The van der Waals surface area contributed by atoms with Crippen molar-refractivity contribution in [3.8, 4) is 202 Å². The monoisotopic (exact) mass is 1760 g/mol. The number of hydrogen-bond donors (Lipinski definition) is 0. The van der Waals surface area contributed by atoms with E-state index in [1.807, 2.05) is 165 Å². The zero-order chi connectivity index (χ0) is 92.1. The van der Waals surface area contributed by atoms with Gasteiger partial charge in [0.15, 0.2) is 0 Å². The van der Waals surface area contributed by atoms with Crippen molar-refractivity contribution in [2.75, 3.05) is 0 Å². The van der Waals surface area contributed by atoms with Crippen molar-refractivity contribution in [2.24, 2.45) is 0 Å².